The van der Waals surface area contributed by atoms with E-state index < -0.39 is 23.8 Å². The zero-order valence-electron chi connectivity index (χ0n) is 16.2. The van der Waals surface area contributed by atoms with Gasteiger partial charge in [0.15, 0.2) is 0 Å². The number of nitrogens with one attached hydrogen (secondary N) is 1. The fourth-order valence-corrected chi connectivity index (χ4v) is 5.94. The summed E-state index contributed by atoms with van der Waals surface area (Å²) in [5, 5.41) is 13.0. The van der Waals surface area contributed by atoms with Gasteiger partial charge in [-0.3, -0.25) is 9.59 Å². The summed E-state index contributed by atoms with van der Waals surface area (Å²) in [5.74, 6) is -2.55. The van der Waals surface area contributed by atoms with Crippen molar-refractivity contribution >= 4 is 34.2 Å². The van der Waals surface area contributed by atoms with Crippen LogP contribution in [0.1, 0.15) is 60.8 Å². The number of amides is 1. The van der Waals surface area contributed by atoms with Gasteiger partial charge in [0, 0.05) is 4.88 Å². The van der Waals surface area contributed by atoms with Crippen LogP contribution < -0.4 is 5.32 Å². The van der Waals surface area contributed by atoms with Crippen molar-refractivity contribution in [3.05, 3.63) is 16.0 Å². The fraction of sp³-hybridized carbons (Fsp3) is 0.650. The maximum atomic E-state index is 13.0. The average molecular weight is 394 g/mol. The Morgan fingerprint density at radius 3 is 2.41 bits per heavy atom. The molecule has 0 spiro atoms. The molecule has 1 amide bonds. The van der Waals surface area contributed by atoms with E-state index in [1.807, 2.05) is 13.8 Å². The molecule has 1 heterocycles. The van der Waals surface area contributed by atoms with Crippen molar-refractivity contribution in [2.24, 2.45) is 23.7 Å². The molecule has 2 saturated carbocycles. The number of hydrogen-bond acceptors (Lipinski definition) is 5. The van der Waals surface area contributed by atoms with Gasteiger partial charge < -0.3 is 15.2 Å². The van der Waals surface area contributed by atoms with Gasteiger partial charge in [-0.05, 0) is 63.9 Å². The van der Waals surface area contributed by atoms with E-state index in [4.69, 9.17) is 4.74 Å². The lowest BCUT2D eigenvalue weighted by atomic mass is 9.79. The number of esters is 1. The molecule has 4 atom stereocenters. The summed E-state index contributed by atoms with van der Waals surface area (Å²) < 4.78 is 5.37. The highest BCUT2D eigenvalue weighted by atomic mass is 32.1. The normalized spacial score (nSPS) is 26.4. The third kappa shape index (κ3) is 3.61. The maximum Gasteiger partial charge on any atom is 0.341 e. The molecule has 27 heavy (non-hydrogen) atoms. The molecule has 0 saturated heterocycles. The molecule has 7 heteroatoms. The predicted octanol–water partition coefficient (Wildman–Crippen LogP) is 3.87. The van der Waals surface area contributed by atoms with E-state index in [1.54, 1.807) is 13.8 Å². The van der Waals surface area contributed by atoms with Crippen LogP contribution in [0.3, 0.4) is 0 Å². The van der Waals surface area contributed by atoms with Gasteiger partial charge in [0.2, 0.25) is 5.91 Å². The Morgan fingerprint density at radius 2 is 1.85 bits per heavy atom. The molecule has 0 aliphatic heterocycles. The third-order valence-corrected chi connectivity index (χ3v) is 6.91. The van der Waals surface area contributed by atoms with Gasteiger partial charge in [-0.15, -0.1) is 11.3 Å². The lowest BCUT2D eigenvalue weighted by molar-refractivity contribution is -0.148. The molecule has 0 unspecified atom stereocenters. The number of carbonyl (C=O) groups is 3. The van der Waals surface area contributed by atoms with Gasteiger partial charge in [-0.25, -0.2) is 4.79 Å². The number of rotatable bonds is 6. The second-order valence-electron chi connectivity index (χ2n) is 7.86. The summed E-state index contributed by atoms with van der Waals surface area (Å²) in [4.78, 5) is 38.3. The van der Waals surface area contributed by atoms with Gasteiger partial charge in [-0.1, -0.05) is 6.92 Å². The van der Waals surface area contributed by atoms with Crippen LogP contribution in [0.25, 0.3) is 0 Å². The topological polar surface area (TPSA) is 92.7 Å². The van der Waals surface area contributed by atoms with Crippen LogP contribution in [0.5, 0.6) is 0 Å². The van der Waals surface area contributed by atoms with Crippen LogP contribution in [0.4, 0.5) is 5.00 Å². The number of ether oxygens (including phenoxy) is 1. The molecule has 1 aromatic rings. The quantitative estimate of drug-likeness (QED) is 0.716. The second kappa shape index (κ2) is 7.62. The minimum Gasteiger partial charge on any atom is -0.481 e. The van der Waals surface area contributed by atoms with Gasteiger partial charge >= 0.3 is 11.9 Å². The average Bonchev–Trinajstić information content (AvgIpc) is 3.25. The number of carbonyl (C=O) groups excluding carboxylic acids is 2. The van der Waals surface area contributed by atoms with Crippen LogP contribution in [0.2, 0.25) is 0 Å². The van der Waals surface area contributed by atoms with E-state index in [-0.39, 0.29) is 23.8 Å². The molecule has 6 nitrogen and oxygen atoms in total. The Labute approximate surface area is 163 Å². The van der Waals surface area contributed by atoms with Crippen LogP contribution >= 0.6 is 11.3 Å². The molecule has 2 aliphatic rings. The van der Waals surface area contributed by atoms with Crippen molar-refractivity contribution in [1.82, 2.24) is 0 Å². The maximum absolute atomic E-state index is 13.0. The van der Waals surface area contributed by atoms with Crippen molar-refractivity contribution < 1.29 is 24.2 Å². The summed E-state index contributed by atoms with van der Waals surface area (Å²) in [6.07, 6.45) is 2.99. The van der Waals surface area contributed by atoms with E-state index in [0.29, 0.717) is 17.0 Å². The summed E-state index contributed by atoms with van der Waals surface area (Å²) in [6, 6.07) is 0. The first-order chi connectivity index (χ1) is 12.7. The van der Waals surface area contributed by atoms with Crippen molar-refractivity contribution in [3.8, 4) is 0 Å². The molecule has 2 fully saturated rings. The first kappa shape index (κ1) is 19.9. The number of carboxylic acid groups (broad SMARTS) is 1. The van der Waals surface area contributed by atoms with Crippen LogP contribution in [-0.2, 0) is 20.7 Å². The van der Waals surface area contributed by atoms with Gasteiger partial charge in [0.25, 0.3) is 0 Å². The molecule has 0 radical (unpaired) electrons. The Bertz CT molecular complexity index is 769. The highest BCUT2D eigenvalue weighted by Crippen LogP contribution is 2.53. The van der Waals surface area contributed by atoms with Crippen molar-refractivity contribution in [1.29, 1.82) is 0 Å². The molecular weight excluding hydrogens is 366 g/mol. The molecule has 1 aromatic heterocycles. The Kier molecular flexibility index (Phi) is 5.60. The third-order valence-electron chi connectivity index (χ3n) is 5.85. The Hall–Kier alpha value is -1.89. The number of anilines is 1. The summed E-state index contributed by atoms with van der Waals surface area (Å²) in [5.41, 5.74) is 1.29. The molecule has 2 bridgehead atoms. The highest BCUT2D eigenvalue weighted by molar-refractivity contribution is 7.16. The molecule has 148 valence electrons. The van der Waals surface area contributed by atoms with Gasteiger partial charge in [0.05, 0.1) is 23.5 Å². The van der Waals surface area contributed by atoms with E-state index in [0.717, 1.165) is 29.7 Å². The number of thiophene rings is 1. The lowest BCUT2D eigenvalue weighted by Gasteiger charge is -2.27. The van der Waals surface area contributed by atoms with Crippen LogP contribution in [-0.4, -0.2) is 29.1 Å². The fourth-order valence-electron chi connectivity index (χ4n) is 4.80. The van der Waals surface area contributed by atoms with E-state index >= 15 is 0 Å². The lowest BCUT2D eigenvalue weighted by Crippen LogP contribution is -2.38. The number of hydrogen-bond donors (Lipinski definition) is 2. The SMILES string of the molecule is CCc1c(C)sc(NC(=O)[C@@H]2[C@@H]3CC[C@@H](C3)[C@@H]2C(=O)O)c1C(=O)OC(C)C. The zero-order chi connectivity index (χ0) is 19.9. The molecular formula is C20H27NO5S. The Morgan fingerprint density at radius 1 is 1.22 bits per heavy atom. The van der Waals surface area contributed by atoms with Crippen molar-refractivity contribution in [2.75, 3.05) is 5.32 Å². The number of aryl methyl sites for hydroxylation is 1. The minimum absolute atomic E-state index is 0.0879. The molecule has 0 aromatic carbocycles. The standard InChI is InChI=1S/C20H27NO5S/c1-5-13-10(4)27-18(16(13)20(25)26-9(2)3)21-17(22)14-11-6-7-12(8-11)15(14)19(23)24/h9,11-12,14-15H,5-8H2,1-4H3,(H,21,22)(H,23,24)/t11-,12+,14-,15+/m1/s1. The van der Waals surface area contributed by atoms with E-state index in [1.165, 1.54) is 11.3 Å². The number of carboxylic acids is 1. The zero-order valence-corrected chi connectivity index (χ0v) is 17.0. The smallest absolute Gasteiger partial charge is 0.341 e. The van der Waals surface area contributed by atoms with Crippen LogP contribution in [0, 0.1) is 30.6 Å². The molecule has 2 aliphatic carbocycles. The molecule has 3 rings (SSSR count). The minimum atomic E-state index is -0.890. The second-order valence-corrected chi connectivity index (χ2v) is 9.09. The summed E-state index contributed by atoms with van der Waals surface area (Å²) >= 11 is 1.36. The highest BCUT2D eigenvalue weighted by Gasteiger charge is 2.54. The van der Waals surface area contributed by atoms with E-state index in [2.05, 4.69) is 5.32 Å². The van der Waals surface area contributed by atoms with Crippen molar-refractivity contribution in [2.45, 2.75) is 59.5 Å². The predicted molar refractivity (Wildman–Crippen MR) is 103 cm³/mol. The summed E-state index contributed by atoms with van der Waals surface area (Å²) in [7, 11) is 0. The number of aliphatic carboxylic acids is 1. The van der Waals surface area contributed by atoms with E-state index in [9.17, 15) is 19.5 Å². The first-order valence-corrected chi connectivity index (χ1v) is 10.4. The van der Waals surface area contributed by atoms with Crippen LogP contribution in [0.15, 0.2) is 0 Å². The van der Waals surface area contributed by atoms with Gasteiger partial charge in [0.1, 0.15) is 5.00 Å². The number of fused-ring (bicyclic) bond motifs is 2. The first-order valence-electron chi connectivity index (χ1n) is 9.61. The van der Waals surface area contributed by atoms with Crippen molar-refractivity contribution in [3.63, 3.8) is 0 Å². The summed E-state index contributed by atoms with van der Waals surface area (Å²) in [6.45, 7) is 7.45. The Balaban J connectivity index is 1.88. The molecule has 2 N–H and O–H groups in total. The van der Waals surface area contributed by atoms with Gasteiger partial charge in [-0.2, -0.15) is 0 Å². The largest absolute Gasteiger partial charge is 0.481 e. The monoisotopic (exact) mass is 393 g/mol.